The Balaban J connectivity index is 2.37. The van der Waals surface area contributed by atoms with Crippen LogP contribution in [0.1, 0.15) is 26.0 Å². The Kier molecular flexibility index (Phi) is 4.39. The predicted molar refractivity (Wildman–Crippen MR) is 68.9 cm³/mol. The maximum absolute atomic E-state index is 12.8. The quantitative estimate of drug-likeness (QED) is 0.787. The first-order chi connectivity index (χ1) is 9.31. The molecular formula is C12H15ClF3N3O. The largest absolute Gasteiger partial charge is 0.433 e. The molecule has 2 unspecified atom stereocenters. The molecule has 8 heteroatoms. The minimum Gasteiger partial charge on any atom is -0.375 e. The number of alkyl halides is 3. The molecule has 2 heterocycles. The zero-order chi connectivity index (χ0) is 14.9. The monoisotopic (exact) mass is 309 g/mol. The van der Waals surface area contributed by atoms with Gasteiger partial charge in [-0.05, 0) is 24.9 Å². The Labute approximate surface area is 119 Å². The van der Waals surface area contributed by atoms with Gasteiger partial charge in [0.05, 0.1) is 18.8 Å². The molecule has 1 aromatic heterocycles. The van der Waals surface area contributed by atoms with Crippen LogP contribution in [0.25, 0.3) is 0 Å². The molecule has 0 amide bonds. The second-order valence-corrected chi connectivity index (χ2v) is 5.07. The van der Waals surface area contributed by atoms with E-state index >= 15 is 0 Å². The molecule has 4 nitrogen and oxygen atoms in total. The lowest BCUT2D eigenvalue weighted by atomic mass is 10.1. The van der Waals surface area contributed by atoms with Gasteiger partial charge in [-0.15, -0.1) is 0 Å². The highest BCUT2D eigenvalue weighted by molar-refractivity contribution is 6.28. The van der Waals surface area contributed by atoms with E-state index in [1.54, 1.807) is 4.90 Å². The van der Waals surface area contributed by atoms with Crippen molar-refractivity contribution in [2.45, 2.75) is 38.6 Å². The minimum absolute atomic E-state index is 0.0155. The van der Waals surface area contributed by atoms with Crippen LogP contribution in [-0.2, 0) is 10.9 Å². The zero-order valence-corrected chi connectivity index (χ0v) is 11.9. The van der Waals surface area contributed by atoms with Crippen molar-refractivity contribution < 1.29 is 17.9 Å². The first-order valence-electron chi connectivity index (χ1n) is 6.31. The molecule has 0 spiro atoms. The topological polar surface area (TPSA) is 38.2 Å². The molecule has 0 radical (unpaired) electrons. The molecular weight excluding hydrogens is 295 g/mol. The lowest BCUT2D eigenvalue weighted by Gasteiger charge is -2.39. The third-order valence-electron chi connectivity index (χ3n) is 3.21. The van der Waals surface area contributed by atoms with E-state index in [9.17, 15) is 13.2 Å². The molecule has 1 aliphatic rings. The molecule has 0 aromatic carbocycles. The van der Waals surface area contributed by atoms with Crippen molar-refractivity contribution in [3.63, 3.8) is 0 Å². The first kappa shape index (κ1) is 15.3. The lowest BCUT2D eigenvalue weighted by Crippen LogP contribution is -2.49. The molecule has 112 valence electrons. The fourth-order valence-electron chi connectivity index (χ4n) is 2.16. The molecule has 2 atom stereocenters. The Morgan fingerprint density at radius 2 is 2.15 bits per heavy atom. The van der Waals surface area contributed by atoms with E-state index in [-0.39, 0.29) is 18.0 Å². The molecule has 0 saturated carbocycles. The van der Waals surface area contributed by atoms with Gasteiger partial charge in [-0.1, -0.05) is 6.92 Å². The summed E-state index contributed by atoms with van der Waals surface area (Å²) < 4.78 is 43.9. The second-order valence-electron chi connectivity index (χ2n) is 4.74. The highest BCUT2D eigenvalue weighted by Gasteiger charge is 2.35. The van der Waals surface area contributed by atoms with Crippen LogP contribution in [0.3, 0.4) is 0 Å². The summed E-state index contributed by atoms with van der Waals surface area (Å²) in [5.74, 6) is 0.194. The molecule has 0 aliphatic carbocycles. The highest BCUT2D eigenvalue weighted by Crippen LogP contribution is 2.32. The van der Waals surface area contributed by atoms with Crippen molar-refractivity contribution in [2.24, 2.45) is 0 Å². The van der Waals surface area contributed by atoms with Gasteiger partial charge >= 0.3 is 6.18 Å². The molecule has 1 fully saturated rings. The Bertz CT molecular complexity index is 484. The Hall–Kier alpha value is -1.08. The van der Waals surface area contributed by atoms with Gasteiger partial charge in [0.2, 0.25) is 5.28 Å². The van der Waals surface area contributed by atoms with Crippen molar-refractivity contribution in [2.75, 3.05) is 18.1 Å². The van der Waals surface area contributed by atoms with Gasteiger partial charge in [-0.2, -0.15) is 13.2 Å². The molecule has 1 saturated heterocycles. The number of hydrogen-bond acceptors (Lipinski definition) is 4. The average Bonchev–Trinajstić information content (AvgIpc) is 2.37. The van der Waals surface area contributed by atoms with E-state index < -0.39 is 17.2 Å². The standard InChI is InChI=1S/C12H15ClF3N3O/c1-3-8-6-20-7(2)5-19(8)10-4-9(12(14,15)16)17-11(13)18-10/h4,7-8H,3,5-6H2,1-2H3. The lowest BCUT2D eigenvalue weighted by molar-refractivity contribution is -0.141. The summed E-state index contributed by atoms with van der Waals surface area (Å²) in [6, 6.07) is 0.922. The SMILES string of the molecule is CCC1COC(C)CN1c1cc(C(F)(F)F)nc(Cl)n1. The Morgan fingerprint density at radius 3 is 2.75 bits per heavy atom. The third-order valence-corrected chi connectivity index (χ3v) is 3.38. The number of nitrogens with zero attached hydrogens (tertiary/aromatic N) is 3. The van der Waals surface area contributed by atoms with Crippen LogP contribution in [0.2, 0.25) is 5.28 Å². The van der Waals surface area contributed by atoms with Crippen molar-refractivity contribution in [1.82, 2.24) is 9.97 Å². The van der Waals surface area contributed by atoms with Crippen molar-refractivity contribution in [3.8, 4) is 0 Å². The molecule has 20 heavy (non-hydrogen) atoms. The summed E-state index contributed by atoms with van der Waals surface area (Å²) in [6.07, 6.45) is -3.86. The van der Waals surface area contributed by atoms with Gasteiger partial charge in [-0.25, -0.2) is 9.97 Å². The fraction of sp³-hybridized carbons (Fsp3) is 0.667. The number of aromatic nitrogens is 2. The van der Waals surface area contributed by atoms with Gasteiger partial charge in [0.15, 0.2) is 5.69 Å². The maximum atomic E-state index is 12.8. The average molecular weight is 310 g/mol. The van der Waals surface area contributed by atoms with Crippen LogP contribution in [0.5, 0.6) is 0 Å². The summed E-state index contributed by atoms with van der Waals surface area (Å²) in [4.78, 5) is 8.97. The zero-order valence-electron chi connectivity index (χ0n) is 11.1. The molecule has 0 bridgehead atoms. The van der Waals surface area contributed by atoms with Crippen LogP contribution in [0.4, 0.5) is 19.0 Å². The van der Waals surface area contributed by atoms with Crippen LogP contribution in [0.15, 0.2) is 6.07 Å². The summed E-state index contributed by atoms with van der Waals surface area (Å²) in [5.41, 5.74) is -1.03. The summed E-state index contributed by atoms with van der Waals surface area (Å²) in [6.45, 7) is 4.75. The molecule has 2 rings (SSSR count). The van der Waals surface area contributed by atoms with E-state index in [1.165, 1.54) is 0 Å². The summed E-state index contributed by atoms with van der Waals surface area (Å²) in [7, 11) is 0. The highest BCUT2D eigenvalue weighted by atomic mass is 35.5. The van der Waals surface area contributed by atoms with Crippen LogP contribution in [-0.4, -0.2) is 35.3 Å². The maximum Gasteiger partial charge on any atom is 0.433 e. The summed E-state index contributed by atoms with van der Waals surface area (Å²) in [5, 5.41) is -0.399. The van der Waals surface area contributed by atoms with Gasteiger partial charge in [0.25, 0.3) is 0 Å². The van der Waals surface area contributed by atoms with E-state index in [2.05, 4.69) is 9.97 Å². The molecule has 1 aromatic rings. The van der Waals surface area contributed by atoms with Gasteiger partial charge in [-0.3, -0.25) is 0 Å². The van der Waals surface area contributed by atoms with Gasteiger partial charge in [0.1, 0.15) is 5.82 Å². The van der Waals surface area contributed by atoms with Crippen LogP contribution in [0, 0.1) is 0 Å². The number of rotatable bonds is 2. The van der Waals surface area contributed by atoms with Crippen molar-refractivity contribution in [1.29, 1.82) is 0 Å². The Morgan fingerprint density at radius 1 is 1.45 bits per heavy atom. The fourth-order valence-corrected chi connectivity index (χ4v) is 2.34. The first-order valence-corrected chi connectivity index (χ1v) is 6.69. The van der Waals surface area contributed by atoms with E-state index in [1.807, 2.05) is 13.8 Å². The number of morpholine rings is 1. The van der Waals surface area contributed by atoms with E-state index in [0.717, 1.165) is 12.5 Å². The third kappa shape index (κ3) is 3.32. The van der Waals surface area contributed by atoms with Crippen LogP contribution < -0.4 is 4.90 Å². The van der Waals surface area contributed by atoms with Gasteiger partial charge < -0.3 is 9.64 Å². The number of halogens is 4. The predicted octanol–water partition coefficient (Wildman–Crippen LogP) is 3.15. The van der Waals surface area contributed by atoms with Crippen molar-refractivity contribution in [3.05, 3.63) is 17.0 Å². The van der Waals surface area contributed by atoms with Crippen LogP contribution >= 0.6 is 11.6 Å². The smallest absolute Gasteiger partial charge is 0.375 e. The normalized spacial score (nSPS) is 24.0. The van der Waals surface area contributed by atoms with E-state index in [0.29, 0.717) is 13.2 Å². The van der Waals surface area contributed by atoms with E-state index in [4.69, 9.17) is 16.3 Å². The molecule has 1 aliphatic heterocycles. The number of hydrogen-bond donors (Lipinski definition) is 0. The second kappa shape index (κ2) is 5.73. The summed E-state index contributed by atoms with van der Waals surface area (Å²) >= 11 is 5.62. The number of anilines is 1. The minimum atomic E-state index is -4.54. The van der Waals surface area contributed by atoms with Gasteiger partial charge in [0, 0.05) is 12.6 Å². The molecule has 0 N–H and O–H groups in total. The van der Waals surface area contributed by atoms with Crippen molar-refractivity contribution >= 4 is 17.4 Å². The number of ether oxygens (including phenoxy) is 1.